The van der Waals surface area contributed by atoms with E-state index in [0.29, 0.717) is 25.4 Å². The van der Waals surface area contributed by atoms with E-state index < -0.39 is 16.1 Å². The van der Waals surface area contributed by atoms with E-state index in [0.717, 1.165) is 19.3 Å². The Balaban J connectivity index is 2.02. The number of aliphatic hydroxyl groups is 1. The molecule has 4 atom stereocenters. The van der Waals surface area contributed by atoms with Crippen molar-refractivity contribution >= 4 is 21.6 Å². The summed E-state index contributed by atoms with van der Waals surface area (Å²) in [6.45, 7) is 7.10. The van der Waals surface area contributed by atoms with Crippen LogP contribution in [0.25, 0.3) is 0 Å². The van der Waals surface area contributed by atoms with Crippen molar-refractivity contribution in [2.45, 2.75) is 63.3 Å². The summed E-state index contributed by atoms with van der Waals surface area (Å²) < 4.78 is 42.2. The van der Waals surface area contributed by atoms with Crippen LogP contribution in [0.3, 0.4) is 0 Å². The molecule has 1 amide bonds. The van der Waals surface area contributed by atoms with Crippen LogP contribution in [0.5, 0.6) is 5.75 Å². The molecule has 212 valence electrons. The summed E-state index contributed by atoms with van der Waals surface area (Å²) in [4.78, 5) is 19.5. The number of hydrogen-bond acceptors (Lipinski definition) is 8. The van der Waals surface area contributed by atoms with Crippen LogP contribution in [0.4, 0.5) is 5.69 Å². The Morgan fingerprint density at radius 3 is 2.68 bits per heavy atom. The molecule has 3 rings (SSSR count). The van der Waals surface area contributed by atoms with Crippen LogP contribution in [0.2, 0.25) is 0 Å². The fraction of sp³-hybridized carbons (Fsp3) is 0.615. The zero-order chi connectivity index (χ0) is 27.9. The SMILES string of the molecule is CNC[C@@H]1OCCCC[C@@H](C)Oc2ccc(NS(=O)(=O)c3cn(C)cn3)cc2C(=O)N([C@H](C)CO)C[C@@H]1C. The fourth-order valence-electron chi connectivity index (χ4n) is 4.41. The number of amides is 1. The maximum Gasteiger partial charge on any atom is 0.280 e. The first kappa shape index (κ1) is 29.9. The second-order valence-electron chi connectivity index (χ2n) is 10.1. The van der Waals surface area contributed by atoms with Crippen LogP contribution in [0.1, 0.15) is 50.4 Å². The van der Waals surface area contributed by atoms with Gasteiger partial charge in [0.25, 0.3) is 15.9 Å². The highest BCUT2D eigenvalue weighted by molar-refractivity contribution is 7.92. The number of ether oxygens (including phenoxy) is 2. The quantitative estimate of drug-likeness (QED) is 0.477. The number of hydrogen-bond donors (Lipinski definition) is 3. The minimum Gasteiger partial charge on any atom is -0.490 e. The monoisotopic (exact) mass is 551 g/mol. The van der Waals surface area contributed by atoms with Gasteiger partial charge in [-0.05, 0) is 58.4 Å². The number of fused-ring (bicyclic) bond motifs is 1. The largest absolute Gasteiger partial charge is 0.490 e. The molecule has 0 bridgehead atoms. The molecule has 3 N–H and O–H groups in total. The molecule has 0 saturated carbocycles. The van der Waals surface area contributed by atoms with E-state index in [2.05, 4.69) is 15.0 Å². The van der Waals surface area contributed by atoms with Crippen molar-refractivity contribution in [3.05, 3.63) is 36.3 Å². The number of nitrogens with zero attached hydrogens (tertiary/aromatic N) is 3. The summed E-state index contributed by atoms with van der Waals surface area (Å²) in [5, 5.41) is 13.0. The number of aromatic nitrogens is 2. The number of rotatable bonds is 7. The minimum absolute atomic E-state index is 0.0301. The number of likely N-dealkylation sites (N-methyl/N-ethyl adjacent to an activating group) is 1. The first-order valence-corrected chi connectivity index (χ1v) is 14.5. The molecule has 11 nitrogen and oxygen atoms in total. The Hall–Kier alpha value is -2.67. The molecule has 1 aromatic carbocycles. The highest BCUT2D eigenvalue weighted by Gasteiger charge is 2.30. The van der Waals surface area contributed by atoms with Crippen molar-refractivity contribution in [1.82, 2.24) is 19.8 Å². The molecule has 2 heterocycles. The van der Waals surface area contributed by atoms with Crippen LogP contribution >= 0.6 is 0 Å². The van der Waals surface area contributed by atoms with Crippen LogP contribution in [-0.4, -0.2) is 85.5 Å². The van der Waals surface area contributed by atoms with Crippen molar-refractivity contribution < 1.29 is 27.8 Å². The lowest BCUT2D eigenvalue weighted by molar-refractivity contribution is -0.000450. The first-order valence-electron chi connectivity index (χ1n) is 13.0. The third-order valence-electron chi connectivity index (χ3n) is 6.67. The molecule has 0 radical (unpaired) electrons. The van der Waals surface area contributed by atoms with E-state index in [4.69, 9.17) is 9.47 Å². The molecular formula is C26H41N5O6S. The number of imidazole rings is 1. The molecule has 38 heavy (non-hydrogen) atoms. The van der Waals surface area contributed by atoms with Gasteiger partial charge < -0.3 is 29.4 Å². The zero-order valence-corrected chi connectivity index (χ0v) is 23.7. The molecule has 1 aliphatic rings. The van der Waals surface area contributed by atoms with Crippen molar-refractivity contribution in [3.63, 3.8) is 0 Å². The van der Waals surface area contributed by atoms with Gasteiger partial charge in [-0.25, -0.2) is 4.98 Å². The van der Waals surface area contributed by atoms with Crippen LogP contribution in [0.15, 0.2) is 35.7 Å². The van der Waals surface area contributed by atoms with Gasteiger partial charge in [0, 0.05) is 44.5 Å². The Kier molecular flexibility index (Phi) is 10.5. The molecule has 2 aromatic rings. The summed E-state index contributed by atoms with van der Waals surface area (Å²) in [7, 11) is -0.420. The normalized spacial score (nSPS) is 22.7. The van der Waals surface area contributed by atoms with E-state index in [1.165, 1.54) is 23.2 Å². The molecule has 0 spiro atoms. The van der Waals surface area contributed by atoms with Crippen molar-refractivity contribution in [2.24, 2.45) is 13.0 Å². The van der Waals surface area contributed by atoms with Gasteiger partial charge in [0.1, 0.15) is 5.75 Å². The number of nitrogens with one attached hydrogen (secondary N) is 2. The number of carbonyl (C=O) groups is 1. The van der Waals surface area contributed by atoms with Crippen molar-refractivity contribution in [3.8, 4) is 5.75 Å². The van der Waals surface area contributed by atoms with Crippen LogP contribution in [0, 0.1) is 5.92 Å². The lowest BCUT2D eigenvalue weighted by Crippen LogP contribution is -2.47. The summed E-state index contributed by atoms with van der Waals surface area (Å²) in [6, 6.07) is 4.19. The second kappa shape index (κ2) is 13.4. The third-order valence-corrected chi connectivity index (χ3v) is 7.93. The molecule has 0 aliphatic carbocycles. The highest BCUT2D eigenvalue weighted by Crippen LogP contribution is 2.29. The van der Waals surface area contributed by atoms with Gasteiger partial charge in [-0.3, -0.25) is 9.52 Å². The van der Waals surface area contributed by atoms with E-state index in [1.54, 1.807) is 31.0 Å². The van der Waals surface area contributed by atoms with Gasteiger partial charge in [-0.15, -0.1) is 0 Å². The van der Waals surface area contributed by atoms with Gasteiger partial charge >= 0.3 is 0 Å². The van der Waals surface area contributed by atoms with Gasteiger partial charge in [0.05, 0.1) is 36.7 Å². The third kappa shape index (κ3) is 7.68. The average molecular weight is 552 g/mol. The molecule has 0 unspecified atom stereocenters. The maximum absolute atomic E-state index is 14.0. The van der Waals surface area contributed by atoms with E-state index in [9.17, 15) is 18.3 Å². The standard InChI is InChI=1S/C26H41N5O6S/c1-18-14-31(19(2)16-32)26(33)22-12-21(29-38(34,35)25-15-30(5)17-28-25)9-10-23(22)37-20(3)8-6-7-11-36-24(18)13-27-4/h9-10,12,15,17-20,24,27,29,32H,6-8,11,13-14,16H2,1-5H3/t18-,19+,20+,24-/m0/s1. The Labute approximate surface area is 225 Å². The number of sulfonamides is 1. The predicted octanol–water partition coefficient (Wildman–Crippen LogP) is 2.24. The van der Waals surface area contributed by atoms with Gasteiger partial charge in [0.15, 0.2) is 5.03 Å². The first-order chi connectivity index (χ1) is 18.1. The zero-order valence-electron chi connectivity index (χ0n) is 22.9. The second-order valence-corrected chi connectivity index (χ2v) is 11.7. The van der Waals surface area contributed by atoms with Crippen LogP contribution < -0.4 is 14.8 Å². The number of anilines is 1. The lowest BCUT2D eigenvalue weighted by atomic mass is 10.0. The summed E-state index contributed by atoms with van der Waals surface area (Å²) in [6.07, 6.45) is 5.07. The molecule has 1 aliphatic heterocycles. The average Bonchev–Trinajstić information content (AvgIpc) is 3.33. The number of carbonyl (C=O) groups excluding carboxylic acids is 1. The van der Waals surface area contributed by atoms with Gasteiger partial charge in [-0.2, -0.15) is 8.42 Å². The van der Waals surface area contributed by atoms with Gasteiger partial charge in [-0.1, -0.05) is 6.92 Å². The molecule has 0 fully saturated rings. The number of aryl methyl sites for hydroxylation is 1. The Morgan fingerprint density at radius 1 is 1.26 bits per heavy atom. The van der Waals surface area contributed by atoms with E-state index in [-0.39, 0.29) is 46.9 Å². The summed E-state index contributed by atoms with van der Waals surface area (Å²) >= 11 is 0. The Bertz CT molecular complexity index is 1170. The fourth-order valence-corrected chi connectivity index (χ4v) is 5.45. The number of benzene rings is 1. The topological polar surface area (TPSA) is 135 Å². The van der Waals surface area contributed by atoms with E-state index >= 15 is 0 Å². The van der Waals surface area contributed by atoms with Gasteiger partial charge in [0.2, 0.25) is 0 Å². The van der Waals surface area contributed by atoms with Crippen LogP contribution in [-0.2, 0) is 21.8 Å². The lowest BCUT2D eigenvalue weighted by Gasteiger charge is -2.34. The molecule has 0 saturated heterocycles. The summed E-state index contributed by atoms with van der Waals surface area (Å²) in [5.74, 6) is -0.0246. The minimum atomic E-state index is -3.96. The molecule has 12 heteroatoms. The summed E-state index contributed by atoms with van der Waals surface area (Å²) in [5.41, 5.74) is 0.426. The van der Waals surface area contributed by atoms with Crippen molar-refractivity contribution in [1.29, 1.82) is 0 Å². The maximum atomic E-state index is 14.0. The predicted molar refractivity (Wildman–Crippen MR) is 145 cm³/mol. The smallest absolute Gasteiger partial charge is 0.280 e. The van der Waals surface area contributed by atoms with E-state index in [1.807, 2.05) is 20.9 Å². The highest BCUT2D eigenvalue weighted by atomic mass is 32.2. The Morgan fingerprint density at radius 2 is 2.03 bits per heavy atom. The molecular weight excluding hydrogens is 510 g/mol. The van der Waals surface area contributed by atoms with Crippen molar-refractivity contribution in [2.75, 3.05) is 38.1 Å². The molecule has 1 aromatic heterocycles. The number of aliphatic hydroxyl groups excluding tert-OH is 1.